The van der Waals surface area contributed by atoms with Gasteiger partial charge in [-0.25, -0.2) is 4.98 Å². The van der Waals surface area contributed by atoms with Gasteiger partial charge >= 0.3 is 0 Å². The number of aryl methyl sites for hydroxylation is 1. The molecule has 1 aromatic heterocycles. The van der Waals surface area contributed by atoms with Crippen molar-refractivity contribution in [1.29, 1.82) is 0 Å². The number of pyridine rings is 1. The van der Waals surface area contributed by atoms with Crippen molar-refractivity contribution < 1.29 is 4.79 Å². The van der Waals surface area contributed by atoms with Crippen LogP contribution in [0.2, 0.25) is 0 Å². The Hall–Kier alpha value is -3.14. The molecule has 3 aromatic rings. The number of benzene rings is 2. The van der Waals surface area contributed by atoms with Crippen LogP contribution in [0.1, 0.15) is 22.3 Å². The van der Waals surface area contributed by atoms with Crippen molar-refractivity contribution in [1.82, 2.24) is 4.98 Å². The molecule has 0 spiro atoms. The Labute approximate surface area is 159 Å². The average molecular weight is 357 g/mol. The summed E-state index contributed by atoms with van der Waals surface area (Å²) >= 11 is 0. The fourth-order valence-electron chi connectivity index (χ4n) is 3.55. The Balaban J connectivity index is 1.38. The maximum atomic E-state index is 12.3. The Morgan fingerprint density at radius 3 is 2.70 bits per heavy atom. The first kappa shape index (κ1) is 17.3. The van der Waals surface area contributed by atoms with Gasteiger partial charge in [-0.2, -0.15) is 0 Å². The van der Waals surface area contributed by atoms with E-state index in [4.69, 9.17) is 0 Å². The molecule has 1 amide bonds. The van der Waals surface area contributed by atoms with E-state index in [9.17, 15) is 4.79 Å². The molecule has 1 N–H and O–H groups in total. The summed E-state index contributed by atoms with van der Waals surface area (Å²) in [5.41, 5.74) is 5.70. The van der Waals surface area contributed by atoms with E-state index in [1.165, 1.54) is 11.1 Å². The van der Waals surface area contributed by atoms with Crippen LogP contribution in [0.25, 0.3) is 0 Å². The standard InChI is InChI=1S/C23H23N3O/c1-17-5-4-6-18(13-17)14-23(27)25-21-9-10-22(24-15-21)26-12-11-19-7-2-3-8-20(19)16-26/h2-10,13,15H,11-12,14,16H2,1H3,(H,25,27). The van der Waals surface area contributed by atoms with E-state index >= 15 is 0 Å². The summed E-state index contributed by atoms with van der Waals surface area (Å²) in [6, 6.07) is 20.5. The lowest BCUT2D eigenvalue weighted by molar-refractivity contribution is -0.115. The third-order valence-electron chi connectivity index (χ3n) is 4.93. The molecule has 0 radical (unpaired) electrons. The zero-order valence-corrected chi connectivity index (χ0v) is 15.5. The van der Waals surface area contributed by atoms with E-state index in [0.29, 0.717) is 6.42 Å². The highest BCUT2D eigenvalue weighted by Gasteiger charge is 2.17. The van der Waals surface area contributed by atoms with Gasteiger partial charge in [0.1, 0.15) is 5.82 Å². The number of carbonyl (C=O) groups is 1. The van der Waals surface area contributed by atoms with Crippen molar-refractivity contribution in [2.45, 2.75) is 26.3 Å². The van der Waals surface area contributed by atoms with Crippen molar-refractivity contribution in [2.75, 3.05) is 16.8 Å². The van der Waals surface area contributed by atoms with E-state index in [2.05, 4.69) is 39.5 Å². The molecule has 0 aliphatic carbocycles. The second-order valence-electron chi connectivity index (χ2n) is 7.06. The summed E-state index contributed by atoms with van der Waals surface area (Å²) in [6.07, 6.45) is 3.14. The molecule has 27 heavy (non-hydrogen) atoms. The molecule has 0 saturated heterocycles. The Morgan fingerprint density at radius 1 is 1.07 bits per heavy atom. The van der Waals surface area contributed by atoms with E-state index in [1.807, 2.05) is 43.3 Å². The minimum atomic E-state index is -0.0259. The van der Waals surface area contributed by atoms with E-state index in [1.54, 1.807) is 6.20 Å². The first-order chi connectivity index (χ1) is 13.2. The monoisotopic (exact) mass is 357 g/mol. The molecule has 0 atom stereocenters. The van der Waals surface area contributed by atoms with Crippen LogP contribution in [0.3, 0.4) is 0 Å². The van der Waals surface area contributed by atoms with Crippen molar-refractivity contribution in [3.63, 3.8) is 0 Å². The summed E-state index contributed by atoms with van der Waals surface area (Å²) in [4.78, 5) is 19.1. The molecule has 136 valence electrons. The Kier molecular flexibility index (Phi) is 4.88. The molecule has 4 rings (SSSR count). The van der Waals surface area contributed by atoms with Gasteiger partial charge in [-0.1, -0.05) is 54.1 Å². The molecule has 4 nitrogen and oxygen atoms in total. The van der Waals surface area contributed by atoms with Crippen LogP contribution in [-0.4, -0.2) is 17.4 Å². The Bertz CT molecular complexity index is 950. The van der Waals surface area contributed by atoms with E-state index < -0.39 is 0 Å². The fraction of sp³-hybridized carbons (Fsp3) is 0.217. The normalized spacial score (nSPS) is 13.1. The van der Waals surface area contributed by atoms with Crippen molar-refractivity contribution in [3.05, 3.63) is 89.1 Å². The van der Waals surface area contributed by atoms with Gasteiger partial charge in [-0.05, 0) is 42.2 Å². The first-order valence-corrected chi connectivity index (χ1v) is 9.30. The van der Waals surface area contributed by atoms with E-state index in [0.717, 1.165) is 42.1 Å². The maximum Gasteiger partial charge on any atom is 0.228 e. The number of carbonyl (C=O) groups excluding carboxylic acids is 1. The summed E-state index contributed by atoms with van der Waals surface area (Å²) in [5, 5.41) is 2.94. The minimum Gasteiger partial charge on any atom is -0.352 e. The number of rotatable bonds is 4. The zero-order valence-electron chi connectivity index (χ0n) is 15.5. The van der Waals surface area contributed by atoms with Crippen molar-refractivity contribution >= 4 is 17.4 Å². The molecule has 0 saturated carbocycles. The quantitative estimate of drug-likeness (QED) is 0.763. The molecule has 0 fully saturated rings. The molecular weight excluding hydrogens is 334 g/mol. The molecule has 1 aliphatic heterocycles. The van der Waals surface area contributed by atoms with Gasteiger partial charge in [0.2, 0.25) is 5.91 Å². The summed E-state index contributed by atoms with van der Waals surface area (Å²) in [6.45, 7) is 3.87. The van der Waals surface area contributed by atoms with Crippen LogP contribution < -0.4 is 10.2 Å². The number of hydrogen-bond acceptors (Lipinski definition) is 3. The highest BCUT2D eigenvalue weighted by atomic mass is 16.1. The van der Waals surface area contributed by atoms with Gasteiger partial charge in [0.25, 0.3) is 0 Å². The third kappa shape index (κ3) is 4.17. The van der Waals surface area contributed by atoms with Gasteiger partial charge in [0, 0.05) is 13.1 Å². The first-order valence-electron chi connectivity index (χ1n) is 9.30. The molecular formula is C23H23N3O. The lowest BCUT2D eigenvalue weighted by atomic mass is 10.00. The number of aromatic nitrogens is 1. The molecule has 4 heteroatoms. The zero-order chi connectivity index (χ0) is 18.6. The van der Waals surface area contributed by atoms with Gasteiger partial charge < -0.3 is 10.2 Å². The van der Waals surface area contributed by atoms with Crippen LogP contribution in [0.4, 0.5) is 11.5 Å². The van der Waals surface area contributed by atoms with Crippen LogP contribution in [0, 0.1) is 6.92 Å². The lowest BCUT2D eigenvalue weighted by Gasteiger charge is -2.29. The smallest absolute Gasteiger partial charge is 0.228 e. The van der Waals surface area contributed by atoms with Crippen LogP contribution in [0.15, 0.2) is 66.9 Å². The summed E-state index contributed by atoms with van der Waals surface area (Å²) in [7, 11) is 0. The van der Waals surface area contributed by atoms with Gasteiger partial charge in [-0.15, -0.1) is 0 Å². The molecule has 2 aromatic carbocycles. The topological polar surface area (TPSA) is 45.2 Å². The van der Waals surface area contributed by atoms with Gasteiger partial charge in [0.15, 0.2) is 0 Å². The largest absolute Gasteiger partial charge is 0.352 e. The highest BCUT2D eigenvalue weighted by molar-refractivity contribution is 5.92. The maximum absolute atomic E-state index is 12.3. The highest BCUT2D eigenvalue weighted by Crippen LogP contribution is 2.23. The van der Waals surface area contributed by atoms with Gasteiger partial charge in [-0.3, -0.25) is 4.79 Å². The van der Waals surface area contributed by atoms with Crippen molar-refractivity contribution in [3.8, 4) is 0 Å². The summed E-state index contributed by atoms with van der Waals surface area (Å²) < 4.78 is 0. The van der Waals surface area contributed by atoms with E-state index in [-0.39, 0.29) is 5.91 Å². The Morgan fingerprint density at radius 2 is 1.93 bits per heavy atom. The molecule has 0 bridgehead atoms. The number of amides is 1. The number of nitrogens with one attached hydrogen (secondary N) is 1. The van der Waals surface area contributed by atoms with Gasteiger partial charge in [0.05, 0.1) is 18.3 Å². The number of nitrogens with zero attached hydrogens (tertiary/aromatic N) is 2. The van der Waals surface area contributed by atoms with Crippen molar-refractivity contribution in [2.24, 2.45) is 0 Å². The predicted molar refractivity (Wildman–Crippen MR) is 109 cm³/mol. The second-order valence-corrected chi connectivity index (χ2v) is 7.06. The average Bonchev–Trinajstić information content (AvgIpc) is 2.68. The number of anilines is 2. The van der Waals surface area contributed by atoms with Crippen LogP contribution in [-0.2, 0) is 24.2 Å². The SMILES string of the molecule is Cc1cccc(CC(=O)Nc2ccc(N3CCc4ccccc4C3)nc2)c1. The summed E-state index contributed by atoms with van der Waals surface area (Å²) in [5.74, 6) is 0.920. The number of fused-ring (bicyclic) bond motifs is 1. The fourth-order valence-corrected chi connectivity index (χ4v) is 3.55. The molecule has 1 aliphatic rings. The predicted octanol–water partition coefficient (Wildman–Crippen LogP) is 4.13. The lowest BCUT2D eigenvalue weighted by Crippen LogP contribution is -2.30. The number of hydrogen-bond donors (Lipinski definition) is 1. The third-order valence-corrected chi connectivity index (χ3v) is 4.93. The molecule has 0 unspecified atom stereocenters. The minimum absolute atomic E-state index is 0.0259. The second kappa shape index (κ2) is 7.62. The molecule has 2 heterocycles. The van der Waals surface area contributed by atoms with Crippen LogP contribution >= 0.6 is 0 Å². The van der Waals surface area contributed by atoms with Crippen LogP contribution in [0.5, 0.6) is 0 Å².